The van der Waals surface area contributed by atoms with Crippen LogP contribution < -0.4 is 9.47 Å². The van der Waals surface area contributed by atoms with Crippen molar-refractivity contribution in [1.82, 2.24) is 4.90 Å². The number of methoxy groups -OCH3 is 2. The quantitative estimate of drug-likeness (QED) is 0.923. The minimum Gasteiger partial charge on any atom is -0.493 e. The zero-order chi connectivity index (χ0) is 15.2. The highest BCUT2D eigenvalue weighted by Crippen LogP contribution is 2.32. The fraction of sp³-hybridized carbons (Fsp3) is 0.562. The minimum atomic E-state index is -0.115. The van der Waals surface area contributed by atoms with Crippen LogP contribution >= 0.6 is 0 Å². The van der Waals surface area contributed by atoms with Crippen molar-refractivity contribution in [3.05, 3.63) is 23.8 Å². The molecule has 2 rings (SSSR count). The van der Waals surface area contributed by atoms with Gasteiger partial charge >= 0.3 is 0 Å². The number of hydrogen-bond acceptors (Lipinski definition) is 4. The molecule has 1 aliphatic rings. The van der Waals surface area contributed by atoms with Crippen LogP contribution in [0.15, 0.2) is 18.2 Å². The molecule has 1 saturated heterocycles. The summed E-state index contributed by atoms with van der Waals surface area (Å²) in [6.45, 7) is 0.669. The largest absolute Gasteiger partial charge is 0.493 e. The molecule has 1 aromatic carbocycles. The van der Waals surface area contributed by atoms with Gasteiger partial charge in [-0.2, -0.15) is 0 Å². The zero-order valence-corrected chi connectivity index (χ0v) is 12.7. The van der Waals surface area contributed by atoms with E-state index < -0.39 is 0 Å². The average molecular weight is 293 g/mol. The van der Waals surface area contributed by atoms with Crippen LogP contribution in [0.5, 0.6) is 11.5 Å². The molecule has 1 amide bonds. The zero-order valence-electron chi connectivity index (χ0n) is 12.7. The normalized spacial score (nSPS) is 19.0. The molecule has 0 aromatic heterocycles. The van der Waals surface area contributed by atoms with Gasteiger partial charge in [-0.3, -0.25) is 4.79 Å². The standard InChI is InChI=1S/C16H23NO4/c1-20-14-9-6-8-13(15(14)21-2)16(19)17-10-5-3-4-7-12(17)11-18/h6,8-9,12,18H,3-5,7,10-11H2,1-2H3. The summed E-state index contributed by atoms with van der Waals surface area (Å²) in [5.41, 5.74) is 0.484. The highest BCUT2D eigenvalue weighted by atomic mass is 16.5. The molecule has 0 saturated carbocycles. The van der Waals surface area contributed by atoms with E-state index in [1.807, 2.05) is 0 Å². The van der Waals surface area contributed by atoms with E-state index in [1.165, 1.54) is 7.11 Å². The number of aliphatic hydroxyl groups excluding tert-OH is 1. The molecule has 0 spiro atoms. The van der Waals surface area contributed by atoms with Crippen molar-refractivity contribution in [2.75, 3.05) is 27.4 Å². The molecule has 1 N–H and O–H groups in total. The summed E-state index contributed by atoms with van der Waals surface area (Å²) < 4.78 is 10.6. The van der Waals surface area contributed by atoms with E-state index in [0.717, 1.165) is 25.7 Å². The first-order valence-electron chi connectivity index (χ1n) is 7.35. The molecule has 21 heavy (non-hydrogen) atoms. The van der Waals surface area contributed by atoms with Crippen LogP contribution in [0.3, 0.4) is 0 Å². The van der Waals surface area contributed by atoms with E-state index in [4.69, 9.17) is 9.47 Å². The molecule has 5 nitrogen and oxygen atoms in total. The van der Waals surface area contributed by atoms with Crippen molar-refractivity contribution >= 4 is 5.91 Å². The summed E-state index contributed by atoms with van der Waals surface area (Å²) in [7, 11) is 3.08. The lowest BCUT2D eigenvalue weighted by molar-refractivity contribution is 0.0596. The van der Waals surface area contributed by atoms with Crippen LogP contribution in [0, 0.1) is 0 Å². The molecular formula is C16H23NO4. The predicted octanol–water partition coefficient (Wildman–Crippen LogP) is 2.08. The molecule has 1 heterocycles. The van der Waals surface area contributed by atoms with Crippen LogP contribution in [-0.4, -0.2) is 49.3 Å². The minimum absolute atomic E-state index is 0.00196. The molecule has 5 heteroatoms. The van der Waals surface area contributed by atoms with Crippen molar-refractivity contribution < 1.29 is 19.4 Å². The first-order chi connectivity index (χ1) is 10.2. The number of likely N-dealkylation sites (tertiary alicyclic amines) is 1. The highest BCUT2D eigenvalue weighted by molar-refractivity contribution is 5.98. The van der Waals surface area contributed by atoms with E-state index in [0.29, 0.717) is 23.6 Å². The summed E-state index contributed by atoms with van der Waals surface area (Å²) in [5, 5.41) is 9.56. The van der Waals surface area contributed by atoms with Crippen molar-refractivity contribution in [2.45, 2.75) is 31.7 Å². The van der Waals surface area contributed by atoms with Gasteiger partial charge in [0.2, 0.25) is 0 Å². The maximum atomic E-state index is 12.8. The molecular weight excluding hydrogens is 270 g/mol. The highest BCUT2D eigenvalue weighted by Gasteiger charge is 2.28. The number of benzene rings is 1. The lowest BCUT2D eigenvalue weighted by Gasteiger charge is -2.29. The summed E-state index contributed by atoms with van der Waals surface area (Å²) in [6.07, 6.45) is 3.95. The summed E-state index contributed by atoms with van der Waals surface area (Å²) in [4.78, 5) is 14.6. The fourth-order valence-electron chi connectivity index (χ4n) is 2.84. The average Bonchev–Trinajstić information content (AvgIpc) is 2.78. The van der Waals surface area contributed by atoms with Crippen molar-refractivity contribution in [3.63, 3.8) is 0 Å². The monoisotopic (exact) mass is 293 g/mol. The van der Waals surface area contributed by atoms with Gasteiger partial charge in [-0.25, -0.2) is 0 Å². The second-order valence-electron chi connectivity index (χ2n) is 5.23. The van der Waals surface area contributed by atoms with E-state index in [2.05, 4.69) is 0 Å². The van der Waals surface area contributed by atoms with Crippen molar-refractivity contribution in [1.29, 1.82) is 0 Å². The second-order valence-corrected chi connectivity index (χ2v) is 5.23. The van der Waals surface area contributed by atoms with Crippen LogP contribution in [-0.2, 0) is 0 Å². The summed E-state index contributed by atoms with van der Waals surface area (Å²) in [5.74, 6) is 0.886. The van der Waals surface area contributed by atoms with Gasteiger partial charge in [0.15, 0.2) is 11.5 Å². The Morgan fingerprint density at radius 1 is 1.29 bits per heavy atom. The smallest absolute Gasteiger partial charge is 0.258 e. The fourth-order valence-corrected chi connectivity index (χ4v) is 2.84. The molecule has 1 aromatic rings. The molecule has 116 valence electrons. The SMILES string of the molecule is COc1cccc(C(=O)N2CCCCCC2CO)c1OC. The van der Waals surface area contributed by atoms with Gasteiger partial charge in [0.1, 0.15) is 0 Å². The molecule has 1 fully saturated rings. The summed E-state index contributed by atoms with van der Waals surface area (Å²) in [6, 6.07) is 5.17. The Kier molecular flexibility index (Phi) is 5.44. The maximum Gasteiger partial charge on any atom is 0.258 e. The van der Waals surface area contributed by atoms with E-state index >= 15 is 0 Å². The Bertz CT molecular complexity index is 489. The van der Waals surface area contributed by atoms with Crippen molar-refractivity contribution in [3.8, 4) is 11.5 Å². The van der Waals surface area contributed by atoms with Gasteiger partial charge in [0, 0.05) is 6.54 Å². The number of amides is 1. The lowest BCUT2D eigenvalue weighted by Crippen LogP contribution is -2.42. The maximum absolute atomic E-state index is 12.8. The van der Waals surface area contributed by atoms with Gasteiger partial charge < -0.3 is 19.5 Å². The van der Waals surface area contributed by atoms with E-state index in [9.17, 15) is 9.90 Å². The molecule has 0 bridgehead atoms. The number of rotatable bonds is 4. The van der Waals surface area contributed by atoms with E-state index in [-0.39, 0.29) is 18.6 Å². The number of carbonyl (C=O) groups is 1. The third kappa shape index (κ3) is 3.29. The van der Waals surface area contributed by atoms with Crippen LogP contribution in [0.1, 0.15) is 36.0 Å². The van der Waals surface area contributed by atoms with Gasteiger partial charge in [0.05, 0.1) is 32.4 Å². The Labute approximate surface area is 125 Å². The third-order valence-electron chi connectivity index (χ3n) is 3.98. The number of ether oxygens (including phenoxy) is 2. The molecule has 1 aliphatic heterocycles. The first-order valence-corrected chi connectivity index (χ1v) is 7.35. The summed E-state index contributed by atoms with van der Waals surface area (Å²) >= 11 is 0. The molecule has 0 aliphatic carbocycles. The lowest BCUT2D eigenvalue weighted by atomic mass is 10.1. The van der Waals surface area contributed by atoms with Crippen molar-refractivity contribution in [2.24, 2.45) is 0 Å². The first kappa shape index (κ1) is 15.6. The molecule has 1 atom stereocenters. The number of carbonyl (C=O) groups excluding carboxylic acids is 1. The Balaban J connectivity index is 2.33. The number of aliphatic hydroxyl groups is 1. The third-order valence-corrected chi connectivity index (χ3v) is 3.98. The Morgan fingerprint density at radius 2 is 2.10 bits per heavy atom. The van der Waals surface area contributed by atoms with Gasteiger partial charge in [-0.1, -0.05) is 18.9 Å². The number of para-hydroxylation sites is 1. The predicted molar refractivity (Wildman–Crippen MR) is 79.9 cm³/mol. The Morgan fingerprint density at radius 3 is 2.76 bits per heavy atom. The Hall–Kier alpha value is -1.75. The number of hydrogen-bond donors (Lipinski definition) is 1. The topological polar surface area (TPSA) is 59.0 Å². The van der Waals surface area contributed by atoms with Gasteiger partial charge in [0.25, 0.3) is 5.91 Å². The van der Waals surface area contributed by atoms with Crippen LogP contribution in [0.4, 0.5) is 0 Å². The second kappa shape index (κ2) is 7.31. The molecule has 1 unspecified atom stereocenters. The van der Waals surface area contributed by atoms with Crippen LogP contribution in [0.2, 0.25) is 0 Å². The van der Waals surface area contributed by atoms with Gasteiger partial charge in [-0.05, 0) is 25.0 Å². The van der Waals surface area contributed by atoms with E-state index in [1.54, 1.807) is 30.2 Å². The number of nitrogens with zero attached hydrogens (tertiary/aromatic N) is 1. The molecule has 0 radical (unpaired) electrons. The van der Waals surface area contributed by atoms with Crippen LogP contribution in [0.25, 0.3) is 0 Å². The van der Waals surface area contributed by atoms with Gasteiger partial charge in [-0.15, -0.1) is 0 Å².